The van der Waals surface area contributed by atoms with Crippen LogP contribution in [0.15, 0.2) is 35.4 Å². The third-order valence-electron chi connectivity index (χ3n) is 3.16. The summed E-state index contributed by atoms with van der Waals surface area (Å²) >= 11 is 6.34. The summed E-state index contributed by atoms with van der Waals surface area (Å²) < 4.78 is 5.73. The Labute approximate surface area is 114 Å². The molecule has 18 heavy (non-hydrogen) atoms. The Morgan fingerprint density at radius 2 is 1.89 bits per heavy atom. The molecule has 2 nitrogen and oxygen atoms in total. The van der Waals surface area contributed by atoms with Gasteiger partial charge in [0.2, 0.25) is 0 Å². The van der Waals surface area contributed by atoms with Gasteiger partial charge in [-0.2, -0.15) is 0 Å². The molecule has 2 rings (SSSR count). The standard InChI is InChI=1S/C15H20ClNO/c1-12-9-17(10-13(2)18-12)11-15(16)8-14-6-4-3-5-7-14/h3-8,12-13H,9-11H2,1-2H3/p+1/t12-,13+. The van der Waals surface area contributed by atoms with Gasteiger partial charge in [-0.25, -0.2) is 0 Å². The van der Waals surface area contributed by atoms with Crippen molar-refractivity contribution in [3.8, 4) is 0 Å². The lowest BCUT2D eigenvalue weighted by molar-refractivity contribution is -0.909. The van der Waals surface area contributed by atoms with Crippen LogP contribution in [0.4, 0.5) is 0 Å². The molecule has 0 aliphatic carbocycles. The second-order valence-electron chi connectivity index (χ2n) is 5.09. The number of hydrogen-bond acceptors (Lipinski definition) is 1. The van der Waals surface area contributed by atoms with Crippen LogP contribution in [0.25, 0.3) is 6.08 Å². The smallest absolute Gasteiger partial charge is 0.114 e. The molecule has 3 heteroatoms. The van der Waals surface area contributed by atoms with Gasteiger partial charge in [-0.05, 0) is 25.5 Å². The molecule has 1 saturated heterocycles. The van der Waals surface area contributed by atoms with E-state index in [1.807, 2.05) is 18.2 Å². The third kappa shape index (κ3) is 4.13. The Hall–Kier alpha value is -0.830. The van der Waals surface area contributed by atoms with E-state index in [4.69, 9.17) is 16.3 Å². The van der Waals surface area contributed by atoms with Crippen LogP contribution >= 0.6 is 11.6 Å². The molecule has 1 aliphatic rings. The molecule has 1 aromatic carbocycles. The van der Waals surface area contributed by atoms with E-state index in [0.717, 1.165) is 30.2 Å². The molecule has 1 aromatic rings. The van der Waals surface area contributed by atoms with Crippen molar-refractivity contribution in [3.63, 3.8) is 0 Å². The summed E-state index contributed by atoms with van der Waals surface area (Å²) in [4.78, 5) is 1.50. The lowest BCUT2D eigenvalue weighted by Crippen LogP contribution is -3.15. The lowest BCUT2D eigenvalue weighted by Gasteiger charge is -2.32. The number of benzene rings is 1. The molecule has 1 aliphatic heterocycles. The maximum atomic E-state index is 6.34. The van der Waals surface area contributed by atoms with Crippen molar-refractivity contribution in [1.82, 2.24) is 0 Å². The zero-order valence-electron chi connectivity index (χ0n) is 11.0. The summed E-state index contributed by atoms with van der Waals surface area (Å²) in [6.07, 6.45) is 2.70. The minimum Gasteiger partial charge on any atom is -0.364 e. The molecule has 1 heterocycles. The fourth-order valence-corrected chi connectivity index (χ4v) is 2.87. The van der Waals surface area contributed by atoms with E-state index >= 15 is 0 Å². The van der Waals surface area contributed by atoms with Crippen LogP contribution < -0.4 is 4.90 Å². The van der Waals surface area contributed by atoms with E-state index in [1.54, 1.807) is 0 Å². The van der Waals surface area contributed by atoms with Gasteiger partial charge < -0.3 is 9.64 Å². The van der Waals surface area contributed by atoms with Gasteiger partial charge >= 0.3 is 0 Å². The summed E-state index contributed by atoms with van der Waals surface area (Å²) in [5, 5.41) is 0.914. The fourth-order valence-electron chi connectivity index (χ4n) is 2.55. The maximum absolute atomic E-state index is 6.34. The summed E-state index contributed by atoms with van der Waals surface area (Å²) in [5.74, 6) is 0. The normalized spacial score (nSPS) is 29.3. The van der Waals surface area contributed by atoms with Crippen LogP contribution in [0.2, 0.25) is 0 Å². The van der Waals surface area contributed by atoms with E-state index in [1.165, 1.54) is 4.90 Å². The van der Waals surface area contributed by atoms with Crippen LogP contribution in [-0.2, 0) is 4.74 Å². The third-order valence-corrected chi connectivity index (χ3v) is 3.40. The molecule has 0 bridgehead atoms. The first kappa shape index (κ1) is 13.6. The number of quaternary nitrogens is 1. The monoisotopic (exact) mass is 266 g/mol. The molecule has 1 N–H and O–H groups in total. The van der Waals surface area contributed by atoms with E-state index < -0.39 is 0 Å². The average Bonchev–Trinajstić information content (AvgIpc) is 2.28. The molecule has 1 fully saturated rings. The Bertz CT molecular complexity index is 394. The van der Waals surface area contributed by atoms with E-state index in [-0.39, 0.29) is 0 Å². The van der Waals surface area contributed by atoms with Crippen molar-refractivity contribution >= 4 is 17.7 Å². The molecule has 0 saturated carbocycles. The summed E-state index contributed by atoms with van der Waals surface area (Å²) in [6.45, 7) is 7.20. The maximum Gasteiger partial charge on any atom is 0.114 e. The first-order valence-electron chi connectivity index (χ1n) is 6.53. The number of morpholine rings is 1. The predicted octanol–water partition coefficient (Wildman–Crippen LogP) is 1.96. The zero-order chi connectivity index (χ0) is 13.0. The Morgan fingerprint density at radius 3 is 2.50 bits per heavy atom. The molecule has 0 spiro atoms. The lowest BCUT2D eigenvalue weighted by atomic mass is 10.2. The quantitative estimate of drug-likeness (QED) is 0.883. The van der Waals surface area contributed by atoms with Gasteiger partial charge in [0.15, 0.2) is 0 Å². The molecule has 0 amide bonds. The van der Waals surface area contributed by atoms with Crippen molar-refractivity contribution in [1.29, 1.82) is 0 Å². The Balaban J connectivity index is 1.94. The van der Waals surface area contributed by atoms with Crippen molar-refractivity contribution in [2.75, 3.05) is 19.6 Å². The highest BCUT2D eigenvalue weighted by molar-refractivity contribution is 6.31. The number of nitrogens with one attached hydrogen (secondary N) is 1. The van der Waals surface area contributed by atoms with Crippen LogP contribution in [0.1, 0.15) is 19.4 Å². The van der Waals surface area contributed by atoms with Crippen LogP contribution in [-0.4, -0.2) is 31.8 Å². The van der Waals surface area contributed by atoms with Crippen molar-refractivity contribution in [2.45, 2.75) is 26.1 Å². The predicted molar refractivity (Wildman–Crippen MR) is 75.8 cm³/mol. The second kappa shape index (κ2) is 6.37. The summed E-state index contributed by atoms with van der Waals surface area (Å²) in [7, 11) is 0. The Morgan fingerprint density at radius 1 is 1.28 bits per heavy atom. The number of hydrogen-bond donors (Lipinski definition) is 1. The first-order chi connectivity index (χ1) is 8.63. The highest BCUT2D eigenvalue weighted by atomic mass is 35.5. The molecule has 1 unspecified atom stereocenters. The SMILES string of the molecule is C[C@@H]1C[NH+](CC(Cl)=Cc2ccccc2)C[C@H](C)O1. The molecule has 3 atom stereocenters. The number of ether oxygens (including phenoxy) is 1. The van der Waals surface area contributed by atoms with E-state index in [9.17, 15) is 0 Å². The average molecular weight is 267 g/mol. The van der Waals surface area contributed by atoms with E-state index in [0.29, 0.717) is 12.2 Å². The van der Waals surface area contributed by atoms with Gasteiger partial charge in [0, 0.05) is 0 Å². The Kier molecular flexibility index (Phi) is 4.81. The van der Waals surface area contributed by atoms with Crippen LogP contribution in [0, 0.1) is 0 Å². The number of rotatable bonds is 3. The minimum absolute atomic E-state index is 0.324. The van der Waals surface area contributed by atoms with Gasteiger partial charge in [-0.3, -0.25) is 0 Å². The highest BCUT2D eigenvalue weighted by Gasteiger charge is 2.25. The van der Waals surface area contributed by atoms with Crippen LogP contribution in [0.5, 0.6) is 0 Å². The molecule has 0 aromatic heterocycles. The van der Waals surface area contributed by atoms with Crippen molar-refractivity contribution in [3.05, 3.63) is 40.9 Å². The molecular weight excluding hydrogens is 246 g/mol. The summed E-state index contributed by atoms with van der Waals surface area (Å²) in [5.41, 5.74) is 1.16. The topological polar surface area (TPSA) is 13.7 Å². The minimum atomic E-state index is 0.324. The second-order valence-corrected chi connectivity index (χ2v) is 5.58. The van der Waals surface area contributed by atoms with Gasteiger partial charge in [-0.15, -0.1) is 0 Å². The van der Waals surface area contributed by atoms with Crippen LogP contribution in [0.3, 0.4) is 0 Å². The zero-order valence-corrected chi connectivity index (χ0v) is 11.8. The fraction of sp³-hybridized carbons (Fsp3) is 0.467. The van der Waals surface area contributed by atoms with E-state index in [2.05, 4.69) is 32.1 Å². The largest absolute Gasteiger partial charge is 0.364 e. The molecular formula is C15H21ClNO+. The summed E-state index contributed by atoms with van der Waals surface area (Å²) in [6, 6.07) is 10.2. The number of halogens is 1. The van der Waals surface area contributed by atoms with Gasteiger partial charge in [0.1, 0.15) is 31.8 Å². The molecule has 98 valence electrons. The van der Waals surface area contributed by atoms with Crippen molar-refractivity contribution < 1.29 is 9.64 Å². The molecule has 0 radical (unpaired) electrons. The van der Waals surface area contributed by atoms with Gasteiger partial charge in [0.05, 0.1) is 5.03 Å². The van der Waals surface area contributed by atoms with Crippen molar-refractivity contribution in [2.24, 2.45) is 0 Å². The first-order valence-corrected chi connectivity index (χ1v) is 6.91. The van der Waals surface area contributed by atoms with Gasteiger partial charge in [0.25, 0.3) is 0 Å². The van der Waals surface area contributed by atoms with Gasteiger partial charge in [-0.1, -0.05) is 41.9 Å². The highest BCUT2D eigenvalue weighted by Crippen LogP contribution is 2.08.